The molecule has 0 amide bonds. The number of rotatable bonds is 1. The van der Waals surface area contributed by atoms with Crippen LogP contribution in [-0.4, -0.2) is 31.1 Å². The Bertz CT molecular complexity index is 327. The van der Waals surface area contributed by atoms with E-state index in [1.807, 2.05) is 6.07 Å². The van der Waals surface area contributed by atoms with Gasteiger partial charge in [0.25, 0.3) is 0 Å². The molecule has 2 N–H and O–H groups in total. The summed E-state index contributed by atoms with van der Waals surface area (Å²) in [6, 6.07) is 8.73. The van der Waals surface area contributed by atoms with Gasteiger partial charge in [-0.2, -0.15) is 0 Å². The van der Waals surface area contributed by atoms with Crippen molar-refractivity contribution in [3.05, 3.63) is 34.3 Å². The van der Waals surface area contributed by atoms with Crippen molar-refractivity contribution in [3.8, 4) is 0 Å². The normalized spacial score (nSPS) is 28.2. The van der Waals surface area contributed by atoms with Gasteiger partial charge in [-0.15, -0.1) is 0 Å². The molecule has 0 aromatic heterocycles. The first-order chi connectivity index (χ1) is 6.66. The van der Waals surface area contributed by atoms with Crippen molar-refractivity contribution < 1.29 is 0 Å². The van der Waals surface area contributed by atoms with E-state index < -0.39 is 0 Å². The molecule has 2 atom stereocenters. The molecule has 0 bridgehead atoms. The van der Waals surface area contributed by atoms with Crippen LogP contribution in [0, 0.1) is 0 Å². The Morgan fingerprint density at radius 2 is 2.21 bits per heavy atom. The predicted molar refractivity (Wildman–Crippen MR) is 62.4 cm³/mol. The third-order valence-corrected chi connectivity index (χ3v) is 3.32. The summed E-state index contributed by atoms with van der Waals surface area (Å²) >= 11 is 3.49. The van der Waals surface area contributed by atoms with E-state index >= 15 is 0 Å². The fraction of sp³-hybridized carbons (Fsp3) is 0.455. The Kier molecular flexibility index (Phi) is 2.91. The van der Waals surface area contributed by atoms with Gasteiger partial charge in [0.15, 0.2) is 0 Å². The fourth-order valence-corrected chi connectivity index (χ4v) is 2.54. The van der Waals surface area contributed by atoms with E-state index in [1.54, 1.807) is 0 Å². The number of nitrogens with zero attached hydrogens (tertiary/aromatic N) is 1. The van der Waals surface area contributed by atoms with Gasteiger partial charge >= 0.3 is 0 Å². The highest BCUT2D eigenvalue weighted by atomic mass is 79.9. The summed E-state index contributed by atoms with van der Waals surface area (Å²) in [6.07, 6.45) is 0. The van der Waals surface area contributed by atoms with E-state index in [2.05, 4.69) is 46.1 Å². The van der Waals surface area contributed by atoms with Crippen LogP contribution in [0.3, 0.4) is 0 Å². The van der Waals surface area contributed by atoms with Gasteiger partial charge in [-0.3, -0.25) is 0 Å². The molecule has 0 radical (unpaired) electrons. The van der Waals surface area contributed by atoms with Gasteiger partial charge in [-0.05, 0) is 24.7 Å². The number of likely N-dealkylation sites (tertiary alicyclic amines) is 1. The Labute approximate surface area is 93.2 Å². The van der Waals surface area contributed by atoms with E-state index in [1.165, 1.54) is 5.56 Å². The number of hydrogen-bond donors (Lipinski definition) is 1. The van der Waals surface area contributed by atoms with Gasteiger partial charge in [-0.25, -0.2) is 0 Å². The van der Waals surface area contributed by atoms with Crippen LogP contribution in [0.5, 0.6) is 0 Å². The lowest BCUT2D eigenvalue weighted by molar-refractivity contribution is 0.407. The predicted octanol–water partition coefficient (Wildman–Crippen LogP) is 1.81. The lowest BCUT2D eigenvalue weighted by Gasteiger charge is -2.14. The summed E-state index contributed by atoms with van der Waals surface area (Å²) < 4.78 is 1.14. The second kappa shape index (κ2) is 4.01. The maximum absolute atomic E-state index is 6.09. The Morgan fingerprint density at radius 3 is 2.79 bits per heavy atom. The summed E-state index contributed by atoms with van der Waals surface area (Å²) in [7, 11) is 2.12. The number of hydrogen-bond acceptors (Lipinski definition) is 2. The first kappa shape index (κ1) is 10.1. The molecule has 1 saturated heterocycles. The summed E-state index contributed by atoms with van der Waals surface area (Å²) in [5, 5.41) is 0. The molecule has 1 aliphatic rings. The lowest BCUT2D eigenvalue weighted by atomic mass is 9.95. The van der Waals surface area contributed by atoms with Crippen LogP contribution in [-0.2, 0) is 0 Å². The lowest BCUT2D eigenvalue weighted by Crippen LogP contribution is -2.27. The minimum absolute atomic E-state index is 0.272. The average Bonchev–Trinajstić information content (AvgIpc) is 2.45. The maximum atomic E-state index is 6.09. The van der Waals surface area contributed by atoms with E-state index in [4.69, 9.17) is 5.73 Å². The smallest absolute Gasteiger partial charge is 0.0249 e. The molecule has 1 aliphatic heterocycles. The minimum atomic E-state index is 0.272. The SMILES string of the molecule is CN1C[C@@H](N)[C@@H](c2cccc(Br)c2)C1. The van der Waals surface area contributed by atoms with Crippen molar-refractivity contribution in [2.24, 2.45) is 5.73 Å². The van der Waals surface area contributed by atoms with Gasteiger partial charge in [0.1, 0.15) is 0 Å². The zero-order valence-corrected chi connectivity index (χ0v) is 9.87. The molecule has 0 unspecified atom stereocenters. The molecule has 14 heavy (non-hydrogen) atoms. The topological polar surface area (TPSA) is 29.3 Å². The highest BCUT2D eigenvalue weighted by molar-refractivity contribution is 9.10. The summed E-state index contributed by atoms with van der Waals surface area (Å²) in [5.74, 6) is 0.484. The molecular weight excluding hydrogens is 240 g/mol. The van der Waals surface area contributed by atoms with Crippen molar-refractivity contribution in [3.63, 3.8) is 0 Å². The molecule has 0 aliphatic carbocycles. The Hall–Kier alpha value is -0.380. The molecule has 0 saturated carbocycles. The standard InChI is InChI=1S/C11H15BrN2/c1-14-6-10(11(13)7-14)8-3-2-4-9(12)5-8/h2-5,10-11H,6-7,13H2,1H3/t10-,11-/m1/s1. The summed E-state index contributed by atoms with van der Waals surface area (Å²) in [4.78, 5) is 2.29. The van der Waals surface area contributed by atoms with Crippen LogP contribution in [0.25, 0.3) is 0 Å². The van der Waals surface area contributed by atoms with Gasteiger partial charge in [0.2, 0.25) is 0 Å². The zero-order chi connectivity index (χ0) is 10.1. The van der Waals surface area contributed by atoms with Crippen LogP contribution in [0.15, 0.2) is 28.7 Å². The van der Waals surface area contributed by atoms with Crippen LogP contribution >= 0.6 is 15.9 Å². The zero-order valence-electron chi connectivity index (χ0n) is 8.28. The third-order valence-electron chi connectivity index (χ3n) is 2.82. The average molecular weight is 255 g/mol. The largest absolute Gasteiger partial charge is 0.326 e. The summed E-state index contributed by atoms with van der Waals surface area (Å²) in [6.45, 7) is 2.06. The van der Waals surface area contributed by atoms with Gasteiger partial charge < -0.3 is 10.6 Å². The molecule has 1 heterocycles. The van der Waals surface area contributed by atoms with Crippen LogP contribution < -0.4 is 5.73 Å². The summed E-state index contributed by atoms with van der Waals surface area (Å²) in [5.41, 5.74) is 7.44. The number of benzene rings is 1. The van der Waals surface area contributed by atoms with Crippen molar-refractivity contribution in [1.82, 2.24) is 4.90 Å². The molecule has 76 valence electrons. The molecule has 2 rings (SSSR count). The fourth-order valence-electron chi connectivity index (χ4n) is 2.12. The minimum Gasteiger partial charge on any atom is -0.326 e. The van der Waals surface area contributed by atoms with Gasteiger partial charge in [0.05, 0.1) is 0 Å². The first-order valence-electron chi connectivity index (χ1n) is 4.86. The van der Waals surface area contributed by atoms with Crippen LogP contribution in [0.1, 0.15) is 11.5 Å². The van der Waals surface area contributed by atoms with Crippen molar-refractivity contribution in [2.45, 2.75) is 12.0 Å². The molecule has 3 heteroatoms. The van der Waals surface area contributed by atoms with Crippen molar-refractivity contribution in [2.75, 3.05) is 20.1 Å². The molecule has 0 spiro atoms. The number of halogens is 1. The van der Waals surface area contributed by atoms with Crippen molar-refractivity contribution >= 4 is 15.9 Å². The second-order valence-corrected chi connectivity index (χ2v) is 4.96. The first-order valence-corrected chi connectivity index (χ1v) is 5.65. The van der Waals surface area contributed by atoms with E-state index in [0.29, 0.717) is 5.92 Å². The van der Waals surface area contributed by atoms with E-state index in [0.717, 1.165) is 17.6 Å². The molecule has 1 fully saturated rings. The maximum Gasteiger partial charge on any atom is 0.0249 e. The van der Waals surface area contributed by atoms with Gasteiger partial charge in [-0.1, -0.05) is 28.1 Å². The highest BCUT2D eigenvalue weighted by Crippen LogP contribution is 2.27. The Morgan fingerprint density at radius 1 is 1.43 bits per heavy atom. The van der Waals surface area contributed by atoms with E-state index in [9.17, 15) is 0 Å². The van der Waals surface area contributed by atoms with E-state index in [-0.39, 0.29) is 6.04 Å². The van der Waals surface area contributed by atoms with Crippen LogP contribution in [0.2, 0.25) is 0 Å². The molecular formula is C11H15BrN2. The highest BCUT2D eigenvalue weighted by Gasteiger charge is 2.28. The van der Waals surface area contributed by atoms with Crippen molar-refractivity contribution in [1.29, 1.82) is 0 Å². The molecule has 1 aromatic carbocycles. The second-order valence-electron chi connectivity index (χ2n) is 4.05. The Balaban J connectivity index is 2.23. The molecule has 1 aromatic rings. The quantitative estimate of drug-likeness (QED) is 0.829. The molecule has 2 nitrogen and oxygen atoms in total. The van der Waals surface area contributed by atoms with Gasteiger partial charge in [0, 0.05) is 29.5 Å². The number of likely N-dealkylation sites (N-methyl/N-ethyl adjacent to an activating group) is 1. The third kappa shape index (κ3) is 2.00. The van der Waals surface area contributed by atoms with Crippen LogP contribution in [0.4, 0.5) is 0 Å². The monoisotopic (exact) mass is 254 g/mol. The number of nitrogens with two attached hydrogens (primary N) is 1.